The Morgan fingerprint density at radius 2 is 1.40 bits per heavy atom. The first kappa shape index (κ1) is 20.1. The highest BCUT2D eigenvalue weighted by Crippen LogP contribution is 2.50. The van der Waals surface area contributed by atoms with Gasteiger partial charge in [-0.25, -0.2) is 0 Å². The van der Waals surface area contributed by atoms with E-state index >= 15 is 0 Å². The van der Waals surface area contributed by atoms with Crippen LogP contribution in [-0.2, 0) is 0 Å². The van der Waals surface area contributed by atoms with E-state index in [0.29, 0.717) is 18.0 Å². The molecule has 0 radical (unpaired) electrons. The lowest BCUT2D eigenvalue weighted by atomic mass is 9.83. The maximum absolute atomic E-state index is 6.72. The zero-order valence-corrected chi connectivity index (χ0v) is 18.7. The minimum Gasteiger partial charge on any atom is -0.286 e. The van der Waals surface area contributed by atoms with Gasteiger partial charge in [0, 0.05) is 39.9 Å². The third-order valence-electron chi connectivity index (χ3n) is 6.92. The minimum absolute atomic E-state index is 0.0793. The number of nitrogens with zero attached hydrogens (tertiary/aromatic N) is 2. The van der Waals surface area contributed by atoms with Crippen LogP contribution in [0.25, 0.3) is 0 Å². The summed E-state index contributed by atoms with van der Waals surface area (Å²) in [7, 11) is 0. The first-order chi connectivity index (χ1) is 14.6. The number of rotatable bonds is 4. The predicted octanol–water partition coefficient (Wildman–Crippen LogP) is 7.20. The predicted molar refractivity (Wildman–Crippen MR) is 124 cm³/mol. The number of aromatic nitrogens is 1. The lowest BCUT2D eigenvalue weighted by Gasteiger charge is -2.44. The summed E-state index contributed by atoms with van der Waals surface area (Å²) in [5, 5.41) is 1.62. The summed E-state index contributed by atoms with van der Waals surface area (Å²) in [6, 6.07) is 21.8. The summed E-state index contributed by atoms with van der Waals surface area (Å²) in [6.07, 6.45) is 6.66. The van der Waals surface area contributed by atoms with Gasteiger partial charge >= 0.3 is 0 Å². The van der Waals surface area contributed by atoms with E-state index in [4.69, 9.17) is 28.2 Å². The van der Waals surface area contributed by atoms with Gasteiger partial charge in [-0.1, -0.05) is 65.7 Å². The SMILES string of the molecule is Cc1cccnc1C1C[C@H]2CC[C@@H](C1)N2C(c1ccccc1Cl)c1ccccc1Cl. The molecule has 2 aliphatic heterocycles. The van der Waals surface area contributed by atoms with Crippen molar-refractivity contribution in [3.05, 3.63) is 99.3 Å². The Morgan fingerprint density at radius 3 is 1.93 bits per heavy atom. The number of aryl methyl sites for hydroxylation is 1. The van der Waals surface area contributed by atoms with Crippen LogP contribution in [0, 0.1) is 6.92 Å². The van der Waals surface area contributed by atoms with Crippen molar-refractivity contribution >= 4 is 23.2 Å². The average molecular weight is 437 g/mol. The molecule has 3 heterocycles. The van der Waals surface area contributed by atoms with Crippen molar-refractivity contribution < 1.29 is 0 Å². The maximum atomic E-state index is 6.72. The van der Waals surface area contributed by atoms with Crippen LogP contribution in [0.1, 0.15) is 60.0 Å². The van der Waals surface area contributed by atoms with Gasteiger partial charge in [-0.05, 0) is 67.5 Å². The van der Waals surface area contributed by atoms with Gasteiger partial charge in [0.25, 0.3) is 0 Å². The monoisotopic (exact) mass is 436 g/mol. The number of halogens is 2. The van der Waals surface area contributed by atoms with Crippen LogP contribution in [0.3, 0.4) is 0 Å². The molecule has 3 aromatic rings. The third kappa shape index (κ3) is 3.56. The fourth-order valence-corrected chi connectivity index (χ4v) is 6.14. The highest BCUT2D eigenvalue weighted by Gasteiger charge is 2.46. The van der Waals surface area contributed by atoms with Crippen LogP contribution in [0.15, 0.2) is 66.9 Å². The van der Waals surface area contributed by atoms with E-state index in [0.717, 1.165) is 34.0 Å². The lowest BCUT2D eigenvalue weighted by Crippen LogP contribution is -2.45. The minimum atomic E-state index is 0.0793. The third-order valence-corrected chi connectivity index (χ3v) is 7.61. The van der Waals surface area contributed by atoms with Crippen molar-refractivity contribution in [1.29, 1.82) is 0 Å². The van der Waals surface area contributed by atoms with Crippen molar-refractivity contribution in [2.75, 3.05) is 0 Å². The molecule has 1 aromatic heterocycles. The zero-order chi connectivity index (χ0) is 20.7. The van der Waals surface area contributed by atoms with E-state index in [2.05, 4.69) is 42.2 Å². The largest absolute Gasteiger partial charge is 0.286 e. The van der Waals surface area contributed by atoms with Crippen LogP contribution >= 0.6 is 23.2 Å². The lowest BCUT2D eigenvalue weighted by molar-refractivity contribution is 0.0925. The van der Waals surface area contributed by atoms with Gasteiger partial charge in [-0.2, -0.15) is 0 Å². The van der Waals surface area contributed by atoms with Crippen molar-refractivity contribution in [1.82, 2.24) is 9.88 Å². The highest BCUT2D eigenvalue weighted by molar-refractivity contribution is 6.32. The van der Waals surface area contributed by atoms with Gasteiger partial charge in [0.15, 0.2) is 0 Å². The molecule has 30 heavy (non-hydrogen) atoms. The maximum Gasteiger partial charge on any atom is 0.0636 e. The summed E-state index contributed by atoms with van der Waals surface area (Å²) in [5.41, 5.74) is 4.89. The van der Waals surface area contributed by atoms with Crippen molar-refractivity contribution in [3.63, 3.8) is 0 Å². The summed E-state index contributed by atoms with van der Waals surface area (Å²) in [6.45, 7) is 2.19. The van der Waals surface area contributed by atoms with E-state index in [9.17, 15) is 0 Å². The zero-order valence-electron chi connectivity index (χ0n) is 17.1. The van der Waals surface area contributed by atoms with E-state index in [1.165, 1.54) is 24.1 Å². The smallest absolute Gasteiger partial charge is 0.0636 e. The van der Waals surface area contributed by atoms with Crippen molar-refractivity contribution in [2.24, 2.45) is 0 Å². The molecule has 1 unspecified atom stereocenters. The number of benzene rings is 2. The number of hydrogen-bond donors (Lipinski definition) is 0. The summed E-state index contributed by atoms with van der Waals surface area (Å²) >= 11 is 13.4. The fourth-order valence-electron chi connectivity index (χ4n) is 5.67. The van der Waals surface area contributed by atoms with E-state index in [-0.39, 0.29) is 6.04 Å². The highest BCUT2D eigenvalue weighted by atomic mass is 35.5. The Kier molecular flexibility index (Phi) is 5.58. The van der Waals surface area contributed by atoms with Gasteiger partial charge < -0.3 is 0 Å². The molecular formula is C26H26Cl2N2. The number of fused-ring (bicyclic) bond motifs is 2. The van der Waals surface area contributed by atoms with E-state index < -0.39 is 0 Å². The van der Waals surface area contributed by atoms with Crippen LogP contribution in [0.5, 0.6) is 0 Å². The molecule has 0 saturated carbocycles. The molecule has 2 saturated heterocycles. The molecule has 2 fully saturated rings. The van der Waals surface area contributed by atoms with Crippen LogP contribution < -0.4 is 0 Å². The molecule has 2 aliphatic rings. The quantitative estimate of drug-likeness (QED) is 0.429. The second-order valence-electron chi connectivity index (χ2n) is 8.65. The standard InChI is InChI=1S/C26H26Cl2N2/c1-17-7-6-14-29-25(17)18-15-19-12-13-20(16-18)30(19)26(21-8-2-4-10-23(21)27)22-9-3-5-11-24(22)28/h2-11,14,18-20,26H,12-13,15-16H2,1H3/t18?,19-,20+. The van der Waals surface area contributed by atoms with Crippen molar-refractivity contribution in [3.8, 4) is 0 Å². The first-order valence-corrected chi connectivity index (χ1v) is 11.6. The summed E-state index contributed by atoms with van der Waals surface area (Å²) < 4.78 is 0. The molecule has 0 amide bonds. The first-order valence-electron chi connectivity index (χ1n) is 10.8. The van der Waals surface area contributed by atoms with E-state index in [1.54, 1.807) is 0 Å². The molecule has 2 aromatic carbocycles. The molecule has 4 heteroatoms. The van der Waals surface area contributed by atoms with Crippen LogP contribution in [-0.4, -0.2) is 22.0 Å². The number of hydrogen-bond acceptors (Lipinski definition) is 2. The molecular weight excluding hydrogens is 411 g/mol. The molecule has 2 bridgehead atoms. The molecule has 3 atom stereocenters. The van der Waals surface area contributed by atoms with Gasteiger partial charge in [0.1, 0.15) is 0 Å². The Hall–Kier alpha value is -1.87. The Bertz CT molecular complexity index is 991. The Morgan fingerprint density at radius 1 is 0.833 bits per heavy atom. The van der Waals surface area contributed by atoms with Gasteiger partial charge in [-0.15, -0.1) is 0 Å². The number of piperidine rings is 1. The van der Waals surface area contributed by atoms with Crippen molar-refractivity contribution in [2.45, 2.75) is 56.7 Å². The van der Waals surface area contributed by atoms with Gasteiger partial charge in [0.05, 0.1) is 6.04 Å². The number of pyridine rings is 1. The van der Waals surface area contributed by atoms with E-state index in [1.807, 2.05) is 36.5 Å². The molecule has 0 aliphatic carbocycles. The second-order valence-corrected chi connectivity index (χ2v) is 9.47. The van der Waals surface area contributed by atoms with Crippen LogP contribution in [0.2, 0.25) is 10.0 Å². The van der Waals surface area contributed by atoms with Crippen LogP contribution in [0.4, 0.5) is 0 Å². The molecule has 0 N–H and O–H groups in total. The van der Waals surface area contributed by atoms with Gasteiger partial charge in [0.2, 0.25) is 0 Å². The Labute approximate surface area is 188 Å². The molecule has 5 rings (SSSR count). The molecule has 154 valence electrons. The fraction of sp³-hybridized carbons (Fsp3) is 0.346. The summed E-state index contributed by atoms with van der Waals surface area (Å²) in [4.78, 5) is 7.46. The topological polar surface area (TPSA) is 16.1 Å². The summed E-state index contributed by atoms with van der Waals surface area (Å²) in [5.74, 6) is 0.526. The molecule has 0 spiro atoms. The molecule has 2 nitrogen and oxygen atoms in total. The van der Waals surface area contributed by atoms with Gasteiger partial charge in [-0.3, -0.25) is 9.88 Å². The Balaban J connectivity index is 1.54. The second kappa shape index (κ2) is 8.34. The normalized spacial score (nSPS) is 23.8. The average Bonchev–Trinajstić information content (AvgIpc) is 3.00.